The third-order valence-corrected chi connectivity index (χ3v) is 2.93. The second kappa shape index (κ2) is 5.78. The Morgan fingerprint density at radius 3 is 2.50 bits per heavy atom. The van der Waals surface area contributed by atoms with E-state index in [4.69, 9.17) is 33.2 Å². The van der Waals surface area contributed by atoms with Crippen LogP contribution in [0.2, 0.25) is 10.0 Å². The van der Waals surface area contributed by atoms with E-state index in [9.17, 15) is 10.1 Å². The van der Waals surface area contributed by atoms with Gasteiger partial charge in [0.1, 0.15) is 5.75 Å². The number of benzene rings is 2. The summed E-state index contributed by atoms with van der Waals surface area (Å²) >= 11 is 11.7. The Kier molecular flexibility index (Phi) is 4.08. The fraction of sp³-hybridized carbons (Fsp3) is 0. The van der Waals surface area contributed by atoms with Crippen LogP contribution in [0.15, 0.2) is 36.4 Å². The van der Waals surface area contributed by atoms with E-state index in [0.717, 1.165) is 0 Å². The number of nitriles is 1. The van der Waals surface area contributed by atoms with E-state index in [1.807, 2.05) is 6.07 Å². The van der Waals surface area contributed by atoms with Crippen LogP contribution in [0.4, 0.5) is 5.69 Å². The molecule has 0 saturated heterocycles. The average molecular weight is 309 g/mol. The van der Waals surface area contributed by atoms with Gasteiger partial charge in [0, 0.05) is 17.2 Å². The monoisotopic (exact) mass is 308 g/mol. The molecular weight excluding hydrogens is 303 g/mol. The smallest absolute Gasteiger partial charge is 0.311 e. The summed E-state index contributed by atoms with van der Waals surface area (Å²) in [6.07, 6.45) is 0. The van der Waals surface area contributed by atoms with Crippen LogP contribution in [0.1, 0.15) is 5.56 Å². The van der Waals surface area contributed by atoms with Crippen LogP contribution in [0, 0.1) is 21.4 Å². The number of nitro groups is 1. The number of hydrogen-bond acceptors (Lipinski definition) is 4. The molecule has 0 atom stereocenters. The van der Waals surface area contributed by atoms with Crippen molar-refractivity contribution in [3.63, 3.8) is 0 Å². The Morgan fingerprint density at radius 2 is 1.90 bits per heavy atom. The number of nitrogens with zero attached hydrogens (tertiary/aromatic N) is 2. The standard InChI is InChI=1S/C13H6Cl2N2O3/c14-9-2-4-12(10(15)6-9)20-13-5-8(7-16)1-3-11(13)17(18)19/h1-6H. The lowest BCUT2D eigenvalue weighted by molar-refractivity contribution is -0.385. The molecule has 100 valence electrons. The van der Waals surface area contributed by atoms with Crippen LogP contribution in [0.3, 0.4) is 0 Å². The van der Waals surface area contributed by atoms with E-state index in [-0.39, 0.29) is 27.8 Å². The van der Waals surface area contributed by atoms with Gasteiger partial charge < -0.3 is 4.74 Å². The summed E-state index contributed by atoms with van der Waals surface area (Å²) in [6, 6.07) is 10.2. The lowest BCUT2D eigenvalue weighted by Gasteiger charge is -2.08. The van der Waals surface area contributed by atoms with E-state index in [1.54, 1.807) is 6.07 Å². The van der Waals surface area contributed by atoms with Crippen molar-refractivity contribution in [3.05, 3.63) is 62.1 Å². The minimum Gasteiger partial charge on any atom is -0.449 e. The normalized spacial score (nSPS) is 9.85. The second-order valence-corrected chi connectivity index (χ2v) is 4.57. The topological polar surface area (TPSA) is 76.2 Å². The van der Waals surface area contributed by atoms with Crippen molar-refractivity contribution in [3.8, 4) is 17.6 Å². The Balaban J connectivity index is 2.46. The van der Waals surface area contributed by atoms with Crippen molar-refractivity contribution in [2.75, 3.05) is 0 Å². The average Bonchev–Trinajstić information content (AvgIpc) is 2.41. The van der Waals surface area contributed by atoms with Crippen LogP contribution >= 0.6 is 23.2 Å². The van der Waals surface area contributed by atoms with Crippen LogP contribution in [-0.2, 0) is 0 Å². The van der Waals surface area contributed by atoms with Crippen molar-refractivity contribution < 1.29 is 9.66 Å². The first-order valence-electron chi connectivity index (χ1n) is 5.32. The number of hydrogen-bond donors (Lipinski definition) is 0. The van der Waals surface area contributed by atoms with Gasteiger partial charge in [-0.1, -0.05) is 23.2 Å². The molecule has 0 aliphatic heterocycles. The van der Waals surface area contributed by atoms with E-state index in [0.29, 0.717) is 5.02 Å². The molecule has 5 nitrogen and oxygen atoms in total. The van der Waals surface area contributed by atoms with E-state index >= 15 is 0 Å². The summed E-state index contributed by atoms with van der Waals surface area (Å²) in [4.78, 5) is 10.3. The largest absolute Gasteiger partial charge is 0.449 e. The molecule has 0 N–H and O–H groups in total. The highest BCUT2D eigenvalue weighted by Crippen LogP contribution is 2.36. The summed E-state index contributed by atoms with van der Waals surface area (Å²) in [5.74, 6) is 0.160. The zero-order valence-corrected chi connectivity index (χ0v) is 11.4. The molecule has 0 radical (unpaired) electrons. The van der Waals surface area contributed by atoms with Gasteiger partial charge >= 0.3 is 5.69 Å². The molecule has 0 heterocycles. The van der Waals surface area contributed by atoms with E-state index in [2.05, 4.69) is 0 Å². The molecule has 0 spiro atoms. The number of nitro benzene ring substituents is 1. The Labute approximate surface area is 124 Å². The summed E-state index contributed by atoms with van der Waals surface area (Å²) in [6.45, 7) is 0. The lowest BCUT2D eigenvalue weighted by Crippen LogP contribution is -1.94. The molecule has 0 aliphatic carbocycles. The molecule has 2 rings (SSSR count). The van der Waals surface area contributed by atoms with Gasteiger partial charge in [0.25, 0.3) is 0 Å². The SMILES string of the molecule is N#Cc1ccc([N+](=O)[O-])c(Oc2ccc(Cl)cc2Cl)c1. The molecular formula is C13H6Cl2N2O3. The molecule has 0 bridgehead atoms. The molecule has 20 heavy (non-hydrogen) atoms. The maximum absolute atomic E-state index is 10.9. The van der Waals surface area contributed by atoms with Crippen molar-refractivity contribution in [1.82, 2.24) is 0 Å². The maximum atomic E-state index is 10.9. The van der Waals surface area contributed by atoms with Crippen LogP contribution in [0.5, 0.6) is 11.5 Å². The van der Waals surface area contributed by atoms with Crippen LogP contribution in [-0.4, -0.2) is 4.92 Å². The quantitative estimate of drug-likeness (QED) is 0.615. The lowest BCUT2D eigenvalue weighted by atomic mass is 10.2. The summed E-state index contributed by atoms with van der Waals surface area (Å²) < 4.78 is 5.42. The first-order chi connectivity index (χ1) is 9.51. The maximum Gasteiger partial charge on any atom is 0.311 e. The fourth-order valence-electron chi connectivity index (χ4n) is 1.49. The van der Waals surface area contributed by atoms with Crippen molar-refractivity contribution in [2.45, 2.75) is 0 Å². The number of halogens is 2. The second-order valence-electron chi connectivity index (χ2n) is 3.73. The molecule has 0 aromatic heterocycles. The third kappa shape index (κ3) is 2.99. The minimum atomic E-state index is -0.597. The highest BCUT2D eigenvalue weighted by atomic mass is 35.5. The van der Waals surface area contributed by atoms with Crippen molar-refractivity contribution in [1.29, 1.82) is 5.26 Å². The van der Waals surface area contributed by atoms with Gasteiger partial charge in [0.05, 0.1) is 21.6 Å². The summed E-state index contributed by atoms with van der Waals surface area (Å²) in [7, 11) is 0. The highest BCUT2D eigenvalue weighted by molar-refractivity contribution is 6.35. The molecule has 2 aromatic carbocycles. The first kappa shape index (κ1) is 14.1. The summed E-state index contributed by atoms with van der Waals surface area (Å²) in [5, 5.41) is 20.4. The van der Waals surface area contributed by atoms with Gasteiger partial charge in [-0.15, -0.1) is 0 Å². The van der Waals surface area contributed by atoms with Crippen LogP contribution < -0.4 is 4.74 Å². The van der Waals surface area contributed by atoms with Gasteiger partial charge in [-0.05, 0) is 24.3 Å². The zero-order valence-electron chi connectivity index (χ0n) is 9.84. The molecule has 0 saturated carbocycles. The fourth-order valence-corrected chi connectivity index (χ4v) is 1.94. The van der Waals surface area contributed by atoms with Gasteiger partial charge in [-0.3, -0.25) is 10.1 Å². The first-order valence-corrected chi connectivity index (χ1v) is 6.08. The third-order valence-electron chi connectivity index (χ3n) is 2.40. The number of ether oxygens (including phenoxy) is 1. The molecule has 7 heteroatoms. The van der Waals surface area contributed by atoms with Crippen molar-refractivity contribution in [2.24, 2.45) is 0 Å². The highest BCUT2D eigenvalue weighted by Gasteiger charge is 2.17. The molecule has 0 amide bonds. The van der Waals surface area contributed by atoms with E-state index < -0.39 is 4.92 Å². The number of rotatable bonds is 3. The van der Waals surface area contributed by atoms with Gasteiger partial charge in [-0.25, -0.2) is 0 Å². The van der Waals surface area contributed by atoms with Gasteiger partial charge in [-0.2, -0.15) is 5.26 Å². The predicted octanol–water partition coefficient (Wildman–Crippen LogP) is 4.57. The Morgan fingerprint density at radius 1 is 1.15 bits per heavy atom. The molecule has 2 aromatic rings. The zero-order chi connectivity index (χ0) is 14.7. The summed E-state index contributed by atoms with van der Waals surface area (Å²) in [5.41, 5.74) is -0.00861. The predicted molar refractivity (Wildman–Crippen MR) is 74.3 cm³/mol. The molecule has 0 fully saturated rings. The molecule has 0 aliphatic rings. The van der Waals surface area contributed by atoms with Gasteiger partial charge in [0.2, 0.25) is 5.75 Å². The van der Waals surface area contributed by atoms with Crippen LogP contribution in [0.25, 0.3) is 0 Å². The minimum absolute atomic E-state index is 0.0572. The molecule has 0 unspecified atom stereocenters. The Hall–Kier alpha value is -2.29. The Bertz CT molecular complexity index is 726. The van der Waals surface area contributed by atoms with E-state index in [1.165, 1.54) is 30.3 Å². The van der Waals surface area contributed by atoms with Crippen molar-refractivity contribution >= 4 is 28.9 Å². The van der Waals surface area contributed by atoms with Gasteiger partial charge in [0.15, 0.2) is 0 Å².